The molecule has 0 radical (unpaired) electrons. The van der Waals surface area contributed by atoms with Gasteiger partial charge in [-0.1, -0.05) is 6.07 Å². The van der Waals surface area contributed by atoms with Gasteiger partial charge in [-0.2, -0.15) is 40.2 Å². The Morgan fingerprint density at radius 2 is 1.83 bits per heavy atom. The molecule has 2 bridgehead atoms. The number of hydrogen-bond acceptors (Lipinski definition) is 9. The van der Waals surface area contributed by atoms with E-state index >= 15 is 4.39 Å². The number of thioether (sulfide) groups is 1. The quantitative estimate of drug-likeness (QED) is 0.220. The van der Waals surface area contributed by atoms with Gasteiger partial charge in [0.15, 0.2) is 5.82 Å². The molecule has 4 aliphatic rings. The van der Waals surface area contributed by atoms with Gasteiger partial charge in [0.25, 0.3) is 0 Å². The summed E-state index contributed by atoms with van der Waals surface area (Å²) < 4.78 is 92.5. The zero-order valence-electron chi connectivity index (χ0n) is 25.2. The van der Waals surface area contributed by atoms with E-state index < -0.39 is 35.1 Å². The summed E-state index contributed by atoms with van der Waals surface area (Å²) in [6, 6.07) is 5.15. The van der Waals surface area contributed by atoms with E-state index in [9.17, 15) is 27.2 Å². The zero-order valence-corrected chi connectivity index (χ0v) is 26.8. The number of nitrogen functional groups attached to an aromatic ring is 1. The van der Waals surface area contributed by atoms with Gasteiger partial charge in [-0.3, -0.25) is 4.90 Å². The summed E-state index contributed by atoms with van der Waals surface area (Å²) in [4.78, 5) is 12.7. The van der Waals surface area contributed by atoms with E-state index in [0.29, 0.717) is 12.6 Å². The monoisotopic (exact) mass is 692 g/mol. The predicted octanol–water partition coefficient (Wildman–Crippen LogP) is 7.55. The van der Waals surface area contributed by atoms with E-state index in [2.05, 4.69) is 14.9 Å². The Balaban J connectivity index is 0.000000334. The molecular weight excluding hydrogens is 663 g/mol. The number of thiophene rings is 1. The Morgan fingerprint density at radius 3 is 2.49 bits per heavy atom. The van der Waals surface area contributed by atoms with Crippen molar-refractivity contribution < 1.29 is 31.1 Å². The molecule has 7 nitrogen and oxygen atoms in total. The van der Waals surface area contributed by atoms with Gasteiger partial charge in [0.05, 0.1) is 22.9 Å². The first-order valence-electron chi connectivity index (χ1n) is 15.3. The van der Waals surface area contributed by atoms with Crippen molar-refractivity contribution in [1.82, 2.24) is 14.9 Å². The summed E-state index contributed by atoms with van der Waals surface area (Å²) >= 11 is 2.49. The minimum atomic E-state index is -4.99. The molecule has 8 rings (SSSR count). The molecule has 2 aromatic carbocycles. The van der Waals surface area contributed by atoms with Gasteiger partial charge in [0.2, 0.25) is 0 Å². The molecule has 4 aliphatic heterocycles. The van der Waals surface area contributed by atoms with Gasteiger partial charge in [-0.25, -0.2) is 13.2 Å². The van der Waals surface area contributed by atoms with Crippen LogP contribution in [0.5, 0.6) is 6.01 Å². The Kier molecular flexibility index (Phi) is 8.33. The molecule has 4 unspecified atom stereocenters. The van der Waals surface area contributed by atoms with E-state index in [4.69, 9.17) is 10.5 Å². The van der Waals surface area contributed by atoms with Crippen molar-refractivity contribution in [3.63, 3.8) is 0 Å². The number of ether oxygens (including phenoxy) is 1. The number of methoxy groups -OCH3 is 1. The summed E-state index contributed by atoms with van der Waals surface area (Å²) in [5.41, 5.74) is 2.89. The number of nitriles is 1. The average molecular weight is 693 g/mol. The van der Waals surface area contributed by atoms with Crippen LogP contribution in [0.1, 0.15) is 43.2 Å². The molecule has 0 saturated carbocycles. The first-order chi connectivity index (χ1) is 22.5. The van der Waals surface area contributed by atoms with Crippen LogP contribution in [0, 0.1) is 23.0 Å². The molecule has 4 aromatic rings. The van der Waals surface area contributed by atoms with Gasteiger partial charge in [0.1, 0.15) is 34.4 Å². The Hall–Kier alpha value is -3.48. The maximum absolute atomic E-state index is 16.4. The molecule has 4 saturated heterocycles. The lowest BCUT2D eigenvalue weighted by atomic mass is 9.92. The maximum Gasteiger partial charge on any atom is 0.417 e. The van der Waals surface area contributed by atoms with E-state index in [1.807, 2.05) is 11.0 Å². The lowest BCUT2D eigenvalue weighted by Gasteiger charge is -2.36. The molecule has 6 heterocycles. The van der Waals surface area contributed by atoms with E-state index in [1.54, 1.807) is 11.8 Å². The van der Waals surface area contributed by atoms with Crippen LogP contribution in [0.15, 0.2) is 18.2 Å². The van der Waals surface area contributed by atoms with Crippen LogP contribution in [0.3, 0.4) is 0 Å². The third kappa shape index (κ3) is 5.51. The number of alkyl halides is 4. The van der Waals surface area contributed by atoms with Crippen molar-refractivity contribution in [3.8, 4) is 23.2 Å². The first kappa shape index (κ1) is 32.1. The lowest BCUT2D eigenvalue weighted by Crippen LogP contribution is -2.43. The van der Waals surface area contributed by atoms with Crippen molar-refractivity contribution in [2.75, 3.05) is 42.3 Å². The van der Waals surface area contributed by atoms with Gasteiger partial charge in [-0.15, -0.1) is 11.3 Å². The van der Waals surface area contributed by atoms with Crippen molar-refractivity contribution in [1.29, 1.82) is 5.26 Å². The predicted molar refractivity (Wildman–Crippen MR) is 172 cm³/mol. The SMILES string of the molecule is COc1nc(N2C3CCC2CSC3)c2cc(C(F)(F)F)c(-c3ccc(F)c4sc(N)c(C#N)c34)c(F)c2n1.FC1CC2CCCN2C1. The van der Waals surface area contributed by atoms with Crippen LogP contribution in [0.2, 0.25) is 0 Å². The van der Waals surface area contributed by atoms with Gasteiger partial charge < -0.3 is 15.4 Å². The van der Waals surface area contributed by atoms with Crippen molar-refractivity contribution in [2.45, 2.75) is 62.6 Å². The van der Waals surface area contributed by atoms with Gasteiger partial charge in [0, 0.05) is 52.5 Å². The van der Waals surface area contributed by atoms with Crippen molar-refractivity contribution >= 4 is 54.9 Å². The second-order valence-corrected chi connectivity index (χ2v) is 14.4. The van der Waals surface area contributed by atoms with Crippen LogP contribution < -0.4 is 15.4 Å². The molecule has 15 heteroatoms. The standard InChI is InChI=1S/C25H18F5N5OS2.C7H12FN/c1-36-24-33-20-13(23(34-24)35-10-2-3-11(35)9-37-8-10)6-15(25(28,29)30)18(19(20)27)12-4-5-16(26)21-17(12)14(7-31)22(32)38-21;8-6-4-7-2-1-3-9(7)5-6/h4-6,10-11H,2-3,8-9,32H2,1H3;6-7H,1-5H2. The van der Waals surface area contributed by atoms with E-state index in [-0.39, 0.29) is 61.0 Å². The molecule has 0 amide bonds. The van der Waals surface area contributed by atoms with Crippen LogP contribution in [-0.2, 0) is 6.18 Å². The van der Waals surface area contributed by atoms with E-state index in [0.717, 1.165) is 66.8 Å². The molecule has 4 atom stereocenters. The Bertz CT molecular complexity index is 1880. The fourth-order valence-electron chi connectivity index (χ4n) is 7.48. The summed E-state index contributed by atoms with van der Waals surface area (Å²) in [6.45, 7) is 1.86. The normalized spacial score (nSPS) is 24.0. The van der Waals surface area contributed by atoms with Crippen LogP contribution in [-0.4, -0.2) is 70.9 Å². The highest BCUT2D eigenvalue weighted by atomic mass is 32.2. The van der Waals surface area contributed by atoms with Crippen molar-refractivity contribution in [3.05, 3.63) is 41.0 Å². The molecule has 248 valence electrons. The second-order valence-electron chi connectivity index (χ2n) is 12.2. The Labute approximate surface area is 274 Å². The van der Waals surface area contributed by atoms with Crippen LogP contribution >= 0.6 is 23.1 Å². The van der Waals surface area contributed by atoms with Crippen molar-refractivity contribution in [2.24, 2.45) is 0 Å². The van der Waals surface area contributed by atoms with Crippen LogP contribution in [0.25, 0.3) is 32.1 Å². The summed E-state index contributed by atoms with van der Waals surface area (Å²) in [7, 11) is 1.30. The molecule has 2 aromatic heterocycles. The summed E-state index contributed by atoms with van der Waals surface area (Å²) in [6.07, 6.45) is -0.481. The molecule has 0 aliphatic carbocycles. The number of rotatable bonds is 3. The number of halogens is 6. The van der Waals surface area contributed by atoms with E-state index in [1.165, 1.54) is 20.0 Å². The number of aromatic nitrogens is 2. The summed E-state index contributed by atoms with van der Waals surface area (Å²) in [5.74, 6) is -0.293. The smallest absolute Gasteiger partial charge is 0.417 e. The largest absolute Gasteiger partial charge is 0.467 e. The highest BCUT2D eigenvalue weighted by Crippen LogP contribution is 2.49. The molecule has 4 fully saturated rings. The number of anilines is 2. The first-order valence-corrected chi connectivity index (χ1v) is 17.3. The Morgan fingerprint density at radius 1 is 1.09 bits per heavy atom. The molecule has 0 spiro atoms. The fraction of sp³-hybridized carbons (Fsp3) is 0.469. The molecule has 2 N–H and O–H groups in total. The fourth-order valence-corrected chi connectivity index (χ4v) is 9.76. The average Bonchev–Trinajstić information content (AvgIpc) is 3.77. The number of nitrogens with two attached hydrogens (primary N) is 1. The zero-order chi connectivity index (χ0) is 33.2. The third-order valence-electron chi connectivity index (χ3n) is 9.52. The summed E-state index contributed by atoms with van der Waals surface area (Å²) in [5, 5.41) is 9.29. The molecular formula is C32H30F6N6OS2. The van der Waals surface area contributed by atoms with Gasteiger partial charge in [-0.05, 0) is 56.3 Å². The van der Waals surface area contributed by atoms with Crippen LogP contribution in [0.4, 0.5) is 37.2 Å². The van der Waals surface area contributed by atoms with Gasteiger partial charge >= 0.3 is 12.2 Å². The lowest BCUT2D eigenvalue weighted by molar-refractivity contribution is -0.137. The topological polar surface area (TPSA) is 91.3 Å². The maximum atomic E-state index is 16.4. The number of nitrogens with zero attached hydrogens (tertiary/aromatic N) is 5. The number of fused-ring (bicyclic) bond motifs is 5. The highest BCUT2D eigenvalue weighted by Gasteiger charge is 2.42. The minimum Gasteiger partial charge on any atom is -0.467 e. The second kappa shape index (κ2) is 12.2. The number of hydrogen-bond donors (Lipinski definition) is 1. The minimum absolute atomic E-state index is 0.0438. The number of benzene rings is 2. The highest BCUT2D eigenvalue weighted by molar-refractivity contribution is 7.99. The molecule has 47 heavy (non-hydrogen) atoms. The third-order valence-corrected chi connectivity index (χ3v) is 11.8.